The minimum atomic E-state index is 0. The fourth-order valence-electron chi connectivity index (χ4n) is 1.65. The van der Waals surface area contributed by atoms with Crippen molar-refractivity contribution in [2.24, 2.45) is 0 Å². The summed E-state index contributed by atoms with van der Waals surface area (Å²) in [6.07, 6.45) is 0. The van der Waals surface area contributed by atoms with Gasteiger partial charge in [-0.3, -0.25) is 4.48 Å². The van der Waals surface area contributed by atoms with Crippen LogP contribution >= 0.6 is 0 Å². The molecule has 0 N–H and O–H groups in total. The Morgan fingerprint density at radius 1 is 0.824 bits per heavy atom. The second-order valence-electron chi connectivity index (χ2n) is 4.39. The third kappa shape index (κ3) is 3.67. The first-order valence-electron chi connectivity index (χ1n) is 5.06. The van der Waals surface area contributed by atoms with Gasteiger partial charge in [0.25, 0.3) is 0 Å². The maximum atomic E-state index is 5.38. The predicted octanol–water partition coefficient (Wildman–Crippen LogP) is 0.457. The van der Waals surface area contributed by atoms with Crippen LogP contribution in [-0.2, 0) is 0 Å². The zero-order chi connectivity index (χ0) is 12.3. The van der Waals surface area contributed by atoms with Crippen molar-refractivity contribution >= 4 is 29.6 Å². The molecule has 0 unspecified atom stereocenters. The Morgan fingerprint density at radius 3 is 1.47 bits per heavy atom. The van der Waals surface area contributed by atoms with Crippen LogP contribution in [0.15, 0.2) is 12.1 Å². The van der Waals surface area contributed by atoms with Crippen LogP contribution in [-0.4, -0.2) is 66.4 Å². The van der Waals surface area contributed by atoms with Crippen LogP contribution in [0.3, 0.4) is 0 Å². The second kappa shape index (κ2) is 6.35. The fraction of sp³-hybridized carbons (Fsp3) is 0.500. The monoisotopic (exact) mass is 350 g/mol. The Morgan fingerprint density at radius 2 is 1.24 bits per heavy atom. The third-order valence-corrected chi connectivity index (χ3v) is 2.36. The van der Waals surface area contributed by atoms with Gasteiger partial charge in [-0.1, -0.05) is 0 Å². The van der Waals surface area contributed by atoms with Gasteiger partial charge in [-0.25, -0.2) is 0 Å². The second-order valence-corrected chi connectivity index (χ2v) is 4.39. The molecule has 0 fully saturated rings. The first-order chi connectivity index (χ1) is 7.43. The number of benzene rings is 1. The molecular weight excluding hydrogens is 325 g/mol. The normalized spacial score (nSPS) is 10.5. The maximum absolute atomic E-state index is 5.38. The molecule has 1 rings (SSSR count). The van der Waals surface area contributed by atoms with Crippen molar-refractivity contribution in [3.8, 4) is 17.2 Å². The van der Waals surface area contributed by atoms with Gasteiger partial charge in [0.2, 0.25) is 5.69 Å². The van der Waals surface area contributed by atoms with Crippen LogP contribution in [0.25, 0.3) is 0 Å². The number of ether oxygens (including phenoxy) is 3. The number of hydrogen-bond acceptors (Lipinski definition) is 3. The van der Waals surface area contributed by atoms with Crippen molar-refractivity contribution in [3.05, 3.63) is 12.1 Å². The van der Waals surface area contributed by atoms with Crippen molar-refractivity contribution in [3.63, 3.8) is 0 Å². The van der Waals surface area contributed by atoms with Crippen molar-refractivity contribution in [2.45, 2.75) is 0 Å². The molecule has 0 bridgehead atoms. The van der Waals surface area contributed by atoms with E-state index < -0.39 is 0 Å². The van der Waals surface area contributed by atoms with Gasteiger partial charge in [0, 0.05) is 12.1 Å². The Labute approximate surface area is 120 Å². The van der Waals surface area contributed by atoms with E-state index in [2.05, 4.69) is 21.1 Å². The van der Waals surface area contributed by atoms with Crippen LogP contribution in [0.4, 0.5) is 5.69 Å². The van der Waals surface area contributed by atoms with Gasteiger partial charge >= 0.3 is 23.9 Å². The molecule has 0 radical (unpaired) electrons. The van der Waals surface area contributed by atoms with Crippen LogP contribution in [0.1, 0.15) is 0 Å². The van der Waals surface area contributed by atoms with E-state index in [0.29, 0.717) is 4.48 Å². The van der Waals surface area contributed by atoms with Crippen molar-refractivity contribution in [2.75, 3.05) is 42.5 Å². The SMILES string of the molecule is COc1cc(OC)c([N+](C)(C)C)c(OC)c1.[SnH4]. The van der Waals surface area contributed by atoms with E-state index in [4.69, 9.17) is 14.2 Å². The molecular formula is C12H24NO3Sn+. The molecule has 0 saturated carbocycles. The molecule has 17 heavy (non-hydrogen) atoms. The quantitative estimate of drug-likeness (QED) is 0.584. The van der Waals surface area contributed by atoms with Crippen molar-refractivity contribution in [1.29, 1.82) is 0 Å². The van der Waals surface area contributed by atoms with Gasteiger partial charge in [0.15, 0.2) is 11.5 Å². The zero-order valence-electron chi connectivity index (χ0n) is 10.8. The molecule has 0 aliphatic heterocycles. The average Bonchev–Trinajstić information content (AvgIpc) is 2.25. The molecule has 5 heteroatoms. The van der Waals surface area contributed by atoms with Crippen LogP contribution in [0.2, 0.25) is 0 Å². The molecule has 0 aliphatic rings. The Bertz CT molecular complexity index is 349. The molecule has 1 aromatic carbocycles. The molecule has 98 valence electrons. The Balaban J connectivity index is 0.00000256. The van der Waals surface area contributed by atoms with Gasteiger partial charge in [0.05, 0.1) is 42.5 Å². The first-order valence-corrected chi connectivity index (χ1v) is 5.06. The van der Waals surface area contributed by atoms with Crippen LogP contribution in [0.5, 0.6) is 17.2 Å². The molecule has 0 saturated heterocycles. The summed E-state index contributed by atoms with van der Waals surface area (Å²) in [6, 6.07) is 3.72. The van der Waals surface area contributed by atoms with E-state index >= 15 is 0 Å². The van der Waals surface area contributed by atoms with E-state index in [-0.39, 0.29) is 23.9 Å². The summed E-state index contributed by atoms with van der Waals surface area (Å²) >= 11 is 0. The Hall–Kier alpha value is -0.621. The van der Waals surface area contributed by atoms with E-state index in [1.807, 2.05) is 12.1 Å². The molecule has 1 aromatic rings. The topological polar surface area (TPSA) is 27.7 Å². The van der Waals surface area contributed by atoms with Crippen LogP contribution in [0, 0.1) is 0 Å². The molecule has 0 aromatic heterocycles. The first kappa shape index (κ1) is 16.4. The number of hydrogen-bond donors (Lipinski definition) is 0. The van der Waals surface area contributed by atoms with Gasteiger partial charge in [-0.15, -0.1) is 0 Å². The summed E-state index contributed by atoms with van der Waals surface area (Å²) in [5.74, 6) is 2.26. The van der Waals surface area contributed by atoms with Crippen LogP contribution < -0.4 is 18.7 Å². The molecule has 0 atom stereocenters. The fourth-order valence-corrected chi connectivity index (χ4v) is 1.65. The summed E-state index contributed by atoms with van der Waals surface area (Å²) in [5.41, 5.74) is 0.991. The van der Waals surface area contributed by atoms with Gasteiger partial charge < -0.3 is 14.2 Å². The summed E-state index contributed by atoms with van der Waals surface area (Å²) in [7, 11) is 11.1. The summed E-state index contributed by atoms with van der Waals surface area (Å²) in [5, 5.41) is 0. The van der Waals surface area contributed by atoms with Crippen molar-refractivity contribution < 1.29 is 14.2 Å². The van der Waals surface area contributed by atoms with Crippen molar-refractivity contribution in [1.82, 2.24) is 4.48 Å². The number of methoxy groups -OCH3 is 3. The standard InChI is InChI=1S/C12H20NO3.Sn.4H/c1-13(2,3)12-10(15-5)7-9(14-4)8-11(12)16-6;;;;;/h7-8H,1-6H3;;;;;/q+1;;;;;. The minimum absolute atomic E-state index is 0. The van der Waals surface area contributed by atoms with E-state index in [1.54, 1.807) is 21.3 Å². The molecule has 0 heterocycles. The van der Waals surface area contributed by atoms with E-state index in [1.165, 1.54) is 0 Å². The summed E-state index contributed by atoms with van der Waals surface area (Å²) < 4.78 is 16.6. The zero-order valence-corrected chi connectivity index (χ0v) is 10.8. The number of quaternary nitrogens is 1. The van der Waals surface area contributed by atoms with Gasteiger partial charge in [-0.2, -0.15) is 0 Å². The Kier molecular flexibility index (Phi) is 6.12. The molecule has 0 amide bonds. The van der Waals surface area contributed by atoms with Gasteiger partial charge in [0.1, 0.15) is 5.75 Å². The molecule has 0 spiro atoms. The van der Waals surface area contributed by atoms with Gasteiger partial charge in [-0.05, 0) is 0 Å². The predicted molar refractivity (Wildman–Crippen MR) is 77.0 cm³/mol. The molecule has 0 aliphatic carbocycles. The third-order valence-electron chi connectivity index (χ3n) is 2.36. The average molecular weight is 349 g/mol. The number of rotatable bonds is 4. The molecule has 4 nitrogen and oxygen atoms in total. The van der Waals surface area contributed by atoms with E-state index in [9.17, 15) is 0 Å². The number of nitrogens with zero attached hydrogens (tertiary/aromatic N) is 1. The summed E-state index contributed by atoms with van der Waals surface area (Å²) in [4.78, 5) is 0. The summed E-state index contributed by atoms with van der Waals surface area (Å²) in [6.45, 7) is 0. The van der Waals surface area contributed by atoms with E-state index in [0.717, 1.165) is 22.9 Å².